The minimum atomic E-state index is -1.26. The summed E-state index contributed by atoms with van der Waals surface area (Å²) in [5.41, 5.74) is 6.50. The summed E-state index contributed by atoms with van der Waals surface area (Å²) in [7, 11) is 0. The van der Waals surface area contributed by atoms with E-state index in [0.717, 1.165) is 0 Å². The molecule has 5 N–H and O–H groups in total. The second-order valence-corrected chi connectivity index (χ2v) is 7.42. The second-order valence-electron chi connectivity index (χ2n) is 7.42. The molecule has 0 spiro atoms. The Kier molecular flexibility index (Phi) is 4.88. The summed E-state index contributed by atoms with van der Waals surface area (Å²) in [5, 5.41) is 37.5. The molecule has 3 heterocycles. The van der Waals surface area contributed by atoms with Crippen LogP contribution < -0.4 is 5.73 Å². The number of aliphatic hydroxyl groups is 3. The fourth-order valence-corrected chi connectivity index (χ4v) is 2.58. The van der Waals surface area contributed by atoms with E-state index in [1.165, 1.54) is 10.9 Å². The van der Waals surface area contributed by atoms with E-state index in [2.05, 4.69) is 25.2 Å². The van der Waals surface area contributed by atoms with Gasteiger partial charge in [0.2, 0.25) is 0 Å². The SMILES string of the molecule is CC(C)(C)CN=Nc1nc(N)c2ncn(C3O[C@H](CO)[C@@H](O)[C@H]3O)c2n1. The van der Waals surface area contributed by atoms with Crippen LogP contribution in [0, 0.1) is 5.41 Å². The fraction of sp³-hybridized carbons (Fsp3) is 0.667. The van der Waals surface area contributed by atoms with Crippen LogP contribution in [0.2, 0.25) is 0 Å². The third-order valence-corrected chi connectivity index (χ3v) is 3.93. The molecule has 1 aliphatic heterocycles. The van der Waals surface area contributed by atoms with E-state index in [0.29, 0.717) is 12.1 Å². The van der Waals surface area contributed by atoms with E-state index in [4.69, 9.17) is 10.5 Å². The van der Waals surface area contributed by atoms with Crippen molar-refractivity contribution in [3.8, 4) is 0 Å². The van der Waals surface area contributed by atoms with Gasteiger partial charge in [0.1, 0.15) is 23.8 Å². The Balaban J connectivity index is 1.95. The highest BCUT2D eigenvalue weighted by Gasteiger charge is 2.44. The molecule has 0 saturated carbocycles. The van der Waals surface area contributed by atoms with Crippen LogP contribution in [-0.4, -0.2) is 66.3 Å². The van der Waals surface area contributed by atoms with Crippen molar-refractivity contribution in [3.63, 3.8) is 0 Å². The van der Waals surface area contributed by atoms with Crippen molar-refractivity contribution >= 4 is 22.9 Å². The lowest BCUT2D eigenvalue weighted by Crippen LogP contribution is -2.33. The standard InChI is InChI=1S/C15H23N7O4/c1-15(2,3)5-18-21-14-19-11(16)8-12(20-14)22(6-17-8)13-10(25)9(24)7(4-23)26-13/h6-7,9-10,13,23-25H,4-5H2,1-3H3,(H2,16,19,20)/t7-,9-,10-,13?/m1/s1. The molecule has 142 valence electrons. The number of fused-ring (bicyclic) bond motifs is 1. The Morgan fingerprint density at radius 1 is 1.27 bits per heavy atom. The minimum absolute atomic E-state index is 0.0296. The molecule has 3 rings (SSSR count). The summed E-state index contributed by atoms with van der Waals surface area (Å²) in [6.45, 7) is 6.15. The van der Waals surface area contributed by atoms with Gasteiger partial charge in [0.15, 0.2) is 17.7 Å². The predicted molar refractivity (Wildman–Crippen MR) is 91.6 cm³/mol. The van der Waals surface area contributed by atoms with Crippen molar-refractivity contribution in [2.75, 3.05) is 18.9 Å². The van der Waals surface area contributed by atoms with Crippen molar-refractivity contribution in [3.05, 3.63) is 6.33 Å². The van der Waals surface area contributed by atoms with E-state index in [1.54, 1.807) is 0 Å². The average molecular weight is 365 g/mol. The molecule has 0 radical (unpaired) electrons. The first-order valence-electron chi connectivity index (χ1n) is 8.21. The molecule has 0 bridgehead atoms. The van der Waals surface area contributed by atoms with Crippen LogP contribution in [0.25, 0.3) is 11.2 Å². The number of azo groups is 1. The number of aliphatic hydroxyl groups excluding tert-OH is 3. The van der Waals surface area contributed by atoms with Gasteiger partial charge in [-0.25, -0.2) is 4.98 Å². The van der Waals surface area contributed by atoms with Crippen molar-refractivity contribution in [1.82, 2.24) is 19.5 Å². The van der Waals surface area contributed by atoms with Crippen molar-refractivity contribution < 1.29 is 20.1 Å². The highest BCUT2D eigenvalue weighted by Crippen LogP contribution is 2.32. The van der Waals surface area contributed by atoms with Crippen LogP contribution in [0.5, 0.6) is 0 Å². The zero-order valence-corrected chi connectivity index (χ0v) is 14.8. The minimum Gasteiger partial charge on any atom is -0.394 e. The number of hydrogen-bond acceptors (Lipinski definition) is 10. The molecule has 11 nitrogen and oxygen atoms in total. The summed E-state index contributed by atoms with van der Waals surface area (Å²) in [5.74, 6) is 0.179. The zero-order chi connectivity index (χ0) is 19.1. The van der Waals surface area contributed by atoms with Gasteiger partial charge in [-0.3, -0.25) is 4.57 Å². The topological polar surface area (TPSA) is 164 Å². The number of aromatic nitrogens is 4. The number of ether oxygens (including phenoxy) is 1. The number of imidazole rings is 1. The number of hydrogen-bond donors (Lipinski definition) is 4. The zero-order valence-electron chi connectivity index (χ0n) is 14.8. The van der Waals surface area contributed by atoms with E-state index in [9.17, 15) is 15.3 Å². The summed E-state index contributed by atoms with van der Waals surface area (Å²) < 4.78 is 6.94. The lowest BCUT2D eigenvalue weighted by molar-refractivity contribution is -0.0511. The number of nitrogens with zero attached hydrogens (tertiary/aromatic N) is 6. The van der Waals surface area contributed by atoms with Gasteiger partial charge in [-0.05, 0) is 5.41 Å². The van der Waals surface area contributed by atoms with Gasteiger partial charge >= 0.3 is 0 Å². The van der Waals surface area contributed by atoms with Crippen LogP contribution >= 0.6 is 0 Å². The molecule has 1 unspecified atom stereocenters. The molecule has 2 aromatic heterocycles. The fourth-order valence-electron chi connectivity index (χ4n) is 2.58. The van der Waals surface area contributed by atoms with E-state index in [1.807, 2.05) is 20.8 Å². The Labute approximate surface area is 149 Å². The predicted octanol–water partition coefficient (Wildman–Crippen LogP) is 0.150. The van der Waals surface area contributed by atoms with Gasteiger partial charge in [0.25, 0.3) is 5.95 Å². The summed E-state index contributed by atoms with van der Waals surface area (Å²) in [6, 6.07) is 0. The molecule has 1 saturated heterocycles. The maximum atomic E-state index is 10.2. The number of nitrogen functional groups attached to an aromatic ring is 1. The number of rotatable bonds is 4. The second kappa shape index (κ2) is 6.83. The lowest BCUT2D eigenvalue weighted by Gasteiger charge is -2.16. The van der Waals surface area contributed by atoms with Gasteiger partial charge in [0.05, 0.1) is 19.5 Å². The molecule has 0 aromatic carbocycles. The van der Waals surface area contributed by atoms with Crippen LogP contribution in [0.4, 0.5) is 11.8 Å². The molecule has 4 atom stereocenters. The summed E-state index contributed by atoms with van der Waals surface area (Å²) >= 11 is 0. The Morgan fingerprint density at radius 2 is 2.00 bits per heavy atom. The summed E-state index contributed by atoms with van der Waals surface area (Å²) in [6.07, 6.45) is -2.98. The molecule has 1 aliphatic rings. The highest BCUT2D eigenvalue weighted by molar-refractivity contribution is 5.82. The van der Waals surface area contributed by atoms with E-state index >= 15 is 0 Å². The summed E-state index contributed by atoms with van der Waals surface area (Å²) in [4.78, 5) is 12.5. The molecule has 26 heavy (non-hydrogen) atoms. The normalized spacial score (nSPS) is 27.0. The lowest BCUT2D eigenvalue weighted by atomic mass is 9.98. The van der Waals surface area contributed by atoms with Gasteiger partial charge in [-0.1, -0.05) is 20.8 Å². The molecule has 2 aromatic rings. The van der Waals surface area contributed by atoms with Gasteiger partial charge in [-0.15, -0.1) is 5.11 Å². The maximum absolute atomic E-state index is 10.2. The van der Waals surface area contributed by atoms with Crippen molar-refractivity contribution in [1.29, 1.82) is 0 Å². The van der Waals surface area contributed by atoms with E-state index in [-0.39, 0.29) is 22.8 Å². The van der Waals surface area contributed by atoms with Gasteiger partial charge < -0.3 is 25.8 Å². The third-order valence-electron chi connectivity index (χ3n) is 3.93. The smallest absolute Gasteiger partial charge is 0.272 e. The molecular formula is C15H23N7O4. The third kappa shape index (κ3) is 3.51. The Morgan fingerprint density at radius 3 is 2.62 bits per heavy atom. The monoisotopic (exact) mass is 365 g/mol. The molecule has 1 fully saturated rings. The van der Waals surface area contributed by atoms with Crippen LogP contribution in [-0.2, 0) is 4.74 Å². The number of nitrogens with two attached hydrogens (primary N) is 1. The molecule has 0 aliphatic carbocycles. The molecule has 0 amide bonds. The maximum Gasteiger partial charge on any atom is 0.272 e. The Hall–Kier alpha value is -2.21. The van der Waals surface area contributed by atoms with E-state index < -0.39 is 31.1 Å². The van der Waals surface area contributed by atoms with Crippen LogP contribution in [0.1, 0.15) is 27.0 Å². The van der Waals surface area contributed by atoms with Gasteiger partial charge in [-0.2, -0.15) is 15.1 Å². The number of anilines is 1. The molecule has 11 heteroatoms. The Bertz CT molecular complexity index is 816. The first kappa shape index (κ1) is 18.6. The molecular weight excluding hydrogens is 342 g/mol. The van der Waals surface area contributed by atoms with Crippen LogP contribution in [0.15, 0.2) is 16.6 Å². The quantitative estimate of drug-likeness (QED) is 0.556. The van der Waals surface area contributed by atoms with Gasteiger partial charge in [0, 0.05) is 0 Å². The van der Waals surface area contributed by atoms with Crippen LogP contribution in [0.3, 0.4) is 0 Å². The first-order valence-corrected chi connectivity index (χ1v) is 8.21. The average Bonchev–Trinajstić information content (AvgIpc) is 3.09. The highest BCUT2D eigenvalue weighted by atomic mass is 16.6. The van der Waals surface area contributed by atoms with Crippen molar-refractivity contribution in [2.24, 2.45) is 15.6 Å². The largest absolute Gasteiger partial charge is 0.394 e. The first-order chi connectivity index (χ1) is 12.2. The van der Waals surface area contributed by atoms with Crippen molar-refractivity contribution in [2.45, 2.75) is 45.3 Å².